The summed E-state index contributed by atoms with van der Waals surface area (Å²) < 4.78 is 13.7. The number of hydrogen-bond donors (Lipinski definition) is 1. The van der Waals surface area contributed by atoms with E-state index < -0.39 is 5.82 Å². The van der Waals surface area contributed by atoms with Crippen LogP contribution in [-0.2, 0) is 5.41 Å². The monoisotopic (exact) mass is 244 g/mol. The van der Waals surface area contributed by atoms with Crippen molar-refractivity contribution in [1.82, 2.24) is 0 Å². The molecule has 0 amide bonds. The van der Waals surface area contributed by atoms with Crippen molar-refractivity contribution in [2.45, 2.75) is 26.2 Å². The molecular formula is C16H17FO. The normalized spacial score (nSPS) is 11.6. The molecule has 0 heterocycles. The van der Waals surface area contributed by atoms with Gasteiger partial charge < -0.3 is 5.11 Å². The van der Waals surface area contributed by atoms with Gasteiger partial charge in [-0.25, -0.2) is 4.39 Å². The number of halogens is 1. The van der Waals surface area contributed by atoms with Crippen molar-refractivity contribution in [3.8, 4) is 16.9 Å². The van der Waals surface area contributed by atoms with Gasteiger partial charge in [0, 0.05) is 11.6 Å². The summed E-state index contributed by atoms with van der Waals surface area (Å²) in [4.78, 5) is 0. The standard InChI is InChI=1S/C16H17FO/c1-16(2,3)12-6-4-11(5-7-12)14-9-8-13(18)10-15(14)17/h4-10,18H,1-3H3. The van der Waals surface area contributed by atoms with Gasteiger partial charge in [-0.1, -0.05) is 45.0 Å². The Hall–Kier alpha value is -1.83. The van der Waals surface area contributed by atoms with E-state index in [9.17, 15) is 9.50 Å². The van der Waals surface area contributed by atoms with Gasteiger partial charge >= 0.3 is 0 Å². The molecule has 0 aliphatic rings. The summed E-state index contributed by atoms with van der Waals surface area (Å²) in [6.07, 6.45) is 0. The number of rotatable bonds is 1. The molecule has 0 bridgehead atoms. The molecule has 0 aliphatic carbocycles. The first-order valence-corrected chi connectivity index (χ1v) is 5.97. The van der Waals surface area contributed by atoms with E-state index >= 15 is 0 Å². The minimum atomic E-state index is -0.404. The van der Waals surface area contributed by atoms with Gasteiger partial charge in [-0.15, -0.1) is 0 Å². The summed E-state index contributed by atoms with van der Waals surface area (Å²) in [7, 11) is 0. The van der Waals surface area contributed by atoms with Crippen LogP contribution in [0.15, 0.2) is 42.5 Å². The summed E-state index contributed by atoms with van der Waals surface area (Å²) in [6, 6.07) is 12.1. The Morgan fingerprint density at radius 2 is 1.56 bits per heavy atom. The highest BCUT2D eigenvalue weighted by Crippen LogP contribution is 2.28. The molecule has 1 nitrogen and oxygen atoms in total. The molecule has 0 saturated heterocycles. The summed E-state index contributed by atoms with van der Waals surface area (Å²) in [6.45, 7) is 6.43. The quantitative estimate of drug-likeness (QED) is 0.783. The van der Waals surface area contributed by atoms with E-state index in [1.807, 2.05) is 24.3 Å². The predicted molar refractivity (Wildman–Crippen MR) is 72.2 cm³/mol. The fourth-order valence-electron chi connectivity index (χ4n) is 1.89. The molecule has 0 aliphatic heterocycles. The lowest BCUT2D eigenvalue weighted by molar-refractivity contribution is 0.469. The molecule has 0 spiro atoms. The molecule has 2 rings (SSSR count). The molecule has 0 radical (unpaired) electrons. The fourth-order valence-corrected chi connectivity index (χ4v) is 1.89. The molecule has 0 aromatic heterocycles. The lowest BCUT2D eigenvalue weighted by Gasteiger charge is -2.19. The van der Waals surface area contributed by atoms with Gasteiger partial charge in [-0.05, 0) is 28.7 Å². The molecule has 2 aromatic rings. The van der Waals surface area contributed by atoms with Gasteiger partial charge in [0.1, 0.15) is 11.6 Å². The van der Waals surface area contributed by atoms with Gasteiger partial charge in [-0.2, -0.15) is 0 Å². The average Bonchev–Trinajstić information content (AvgIpc) is 2.28. The number of phenolic OH excluding ortho intramolecular Hbond substituents is 1. The topological polar surface area (TPSA) is 20.2 Å². The van der Waals surface area contributed by atoms with Crippen LogP contribution in [0, 0.1) is 5.82 Å². The maximum Gasteiger partial charge on any atom is 0.134 e. The van der Waals surface area contributed by atoms with Crippen LogP contribution in [0.25, 0.3) is 11.1 Å². The Kier molecular flexibility index (Phi) is 3.12. The minimum Gasteiger partial charge on any atom is -0.508 e. The second kappa shape index (κ2) is 4.45. The molecule has 18 heavy (non-hydrogen) atoms. The van der Waals surface area contributed by atoms with Crippen molar-refractivity contribution in [3.63, 3.8) is 0 Å². The van der Waals surface area contributed by atoms with Crippen LogP contribution < -0.4 is 0 Å². The zero-order valence-electron chi connectivity index (χ0n) is 10.9. The van der Waals surface area contributed by atoms with Crippen molar-refractivity contribution in [3.05, 3.63) is 53.8 Å². The van der Waals surface area contributed by atoms with Gasteiger partial charge in [0.05, 0.1) is 0 Å². The highest BCUT2D eigenvalue weighted by molar-refractivity contribution is 5.65. The van der Waals surface area contributed by atoms with Crippen LogP contribution >= 0.6 is 0 Å². The van der Waals surface area contributed by atoms with Crippen LogP contribution in [0.1, 0.15) is 26.3 Å². The summed E-state index contributed by atoms with van der Waals surface area (Å²) in [5, 5.41) is 9.20. The minimum absolute atomic E-state index is 0.0532. The Bertz CT molecular complexity index is 550. The van der Waals surface area contributed by atoms with E-state index in [0.29, 0.717) is 5.56 Å². The van der Waals surface area contributed by atoms with E-state index in [4.69, 9.17) is 0 Å². The Morgan fingerprint density at radius 3 is 2.06 bits per heavy atom. The summed E-state index contributed by atoms with van der Waals surface area (Å²) >= 11 is 0. The lowest BCUT2D eigenvalue weighted by atomic mass is 9.86. The first kappa shape index (κ1) is 12.6. The van der Waals surface area contributed by atoms with Gasteiger partial charge in [0.15, 0.2) is 0 Å². The van der Waals surface area contributed by atoms with Crippen LogP contribution in [0.3, 0.4) is 0 Å². The molecule has 0 fully saturated rings. The molecule has 0 saturated carbocycles. The van der Waals surface area contributed by atoms with E-state index in [0.717, 1.165) is 11.6 Å². The van der Waals surface area contributed by atoms with Crippen molar-refractivity contribution >= 4 is 0 Å². The van der Waals surface area contributed by atoms with E-state index in [1.165, 1.54) is 11.6 Å². The number of aromatic hydroxyl groups is 1. The third kappa shape index (κ3) is 2.53. The highest BCUT2D eigenvalue weighted by Gasteiger charge is 2.13. The van der Waals surface area contributed by atoms with Crippen molar-refractivity contribution < 1.29 is 9.50 Å². The molecule has 0 atom stereocenters. The van der Waals surface area contributed by atoms with Crippen LogP contribution in [0.4, 0.5) is 4.39 Å². The SMILES string of the molecule is CC(C)(C)c1ccc(-c2ccc(O)cc2F)cc1. The molecule has 2 heteroatoms. The van der Waals surface area contributed by atoms with Gasteiger partial charge in [-0.3, -0.25) is 0 Å². The molecule has 2 aromatic carbocycles. The van der Waals surface area contributed by atoms with Crippen LogP contribution in [-0.4, -0.2) is 5.11 Å². The average molecular weight is 244 g/mol. The third-order valence-electron chi connectivity index (χ3n) is 3.01. The van der Waals surface area contributed by atoms with Gasteiger partial charge in [0.2, 0.25) is 0 Å². The smallest absolute Gasteiger partial charge is 0.134 e. The lowest BCUT2D eigenvalue weighted by Crippen LogP contribution is -2.10. The van der Waals surface area contributed by atoms with Crippen molar-refractivity contribution in [1.29, 1.82) is 0 Å². The van der Waals surface area contributed by atoms with Gasteiger partial charge in [0.25, 0.3) is 0 Å². The zero-order valence-corrected chi connectivity index (χ0v) is 10.9. The molecule has 94 valence electrons. The number of phenols is 1. The predicted octanol–water partition coefficient (Wildman–Crippen LogP) is 4.50. The second-order valence-corrected chi connectivity index (χ2v) is 5.49. The first-order chi connectivity index (χ1) is 8.38. The molecule has 0 unspecified atom stereocenters. The van der Waals surface area contributed by atoms with Crippen molar-refractivity contribution in [2.24, 2.45) is 0 Å². The summed E-state index contributed by atoms with van der Waals surface area (Å²) in [5.41, 5.74) is 2.63. The Labute approximate surface area is 107 Å². The van der Waals surface area contributed by atoms with E-state index in [2.05, 4.69) is 20.8 Å². The maximum atomic E-state index is 13.7. The Morgan fingerprint density at radius 1 is 0.944 bits per heavy atom. The summed E-state index contributed by atoms with van der Waals surface area (Å²) in [5.74, 6) is -0.457. The molecular weight excluding hydrogens is 227 g/mol. The van der Waals surface area contributed by atoms with Crippen LogP contribution in [0.2, 0.25) is 0 Å². The number of benzene rings is 2. The fraction of sp³-hybridized carbons (Fsp3) is 0.250. The maximum absolute atomic E-state index is 13.7. The first-order valence-electron chi connectivity index (χ1n) is 5.97. The number of hydrogen-bond acceptors (Lipinski definition) is 1. The van der Waals surface area contributed by atoms with E-state index in [-0.39, 0.29) is 11.2 Å². The molecule has 1 N–H and O–H groups in total. The third-order valence-corrected chi connectivity index (χ3v) is 3.01. The largest absolute Gasteiger partial charge is 0.508 e. The zero-order chi connectivity index (χ0) is 13.3. The van der Waals surface area contributed by atoms with Crippen molar-refractivity contribution in [2.75, 3.05) is 0 Å². The van der Waals surface area contributed by atoms with Crippen LogP contribution in [0.5, 0.6) is 5.75 Å². The van der Waals surface area contributed by atoms with E-state index in [1.54, 1.807) is 6.07 Å². The highest BCUT2D eigenvalue weighted by atomic mass is 19.1. The second-order valence-electron chi connectivity index (χ2n) is 5.49. The Balaban J connectivity index is 2.41.